The monoisotopic (exact) mass is 383 g/mol. The van der Waals surface area contributed by atoms with E-state index in [1.165, 1.54) is 14.2 Å². The highest BCUT2D eigenvalue weighted by Gasteiger charge is 2.36. The Labute approximate surface area is 160 Å². The van der Waals surface area contributed by atoms with Crippen molar-refractivity contribution in [1.29, 1.82) is 0 Å². The van der Waals surface area contributed by atoms with Gasteiger partial charge in [0.15, 0.2) is 5.78 Å². The van der Waals surface area contributed by atoms with Crippen molar-refractivity contribution < 1.29 is 23.9 Å². The zero-order valence-electron chi connectivity index (χ0n) is 14.8. The molecule has 1 heterocycles. The second kappa shape index (κ2) is 8.09. The highest BCUT2D eigenvalue weighted by Crippen LogP contribution is 2.33. The molecule has 0 aliphatic carbocycles. The highest BCUT2D eigenvalue weighted by atomic mass is 32.2. The summed E-state index contributed by atoms with van der Waals surface area (Å²) in [6, 6.07) is 13.7. The number of thioether (sulfide) groups is 1. The predicted molar refractivity (Wildman–Crippen MR) is 103 cm³/mol. The van der Waals surface area contributed by atoms with Crippen LogP contribution in [0.1, 0.15) is 15.9 Å². The Morgan fingerprint density at radius 1 is 1.04 bits per heavy atom. The van der Waals surface area contributed by atoms with Crippen LogP contribution in [0.25, 0.3) is 6.08 Å². The van der Waals surface area contributed by atoms with Gasteiger partial charge in [0, 0.05) is 11.6 Å². The molecule has 2 aromatic carbocycles. The number of carbonyl (C=O) groups excluding carboxylic acids is 3. The van der Waals surface area contributed by atoms with E-state index in [0.29, 0.717) is 22.6 Å². The van der Waals surface area contributed by atoms with E-state index in [9.17, 15) is 14.4 Å². The van der Waals surface area contributed by atoms with Gasteiger partial charge in [0.25, 0.3) is 11.1 Å². The second-order valence-corrected chi connectivity index (χ2v) is 6.70. The summed E-state index contributed by atoms with van der Waals surface area (Å²) in [5.41, 5.74) is 1.11. The third-order valence-corrected chi connectivity index (χ3v) is 4.85. The molecule has 2 aromatic rings. The number of imide groups is 1. The van der Waals surface area contributed by atoms with Crippen molar-refractivity contribution in [2.24, 2.45) is 0 Å². The molecule has 138 valence electrons. The van der Waals surface area contributed by atoms with Crippen molar-refractivity contribution in [3.8, 4) is 11.5 Å². The van der Waals surface area contributed by atoms with Gasteiger partial charge in [0.2, 0.25) is 0 Å². The van der Waals surface area contributed by atoms with Gasteiger partial charge in [-0.1, -0.05) is 30.3 Å². The first-order valence-electron chi connectivity index (χ1n) is 8.08. The lowest BCUT2D eigenvalue weighted by atomic mass is 10.1. The fourth-order valence-electron chi connectivity index (χ4n) is 2.56. The third kappa shape index (κ3) is 4.20. The van der Waals surface area contributed by atoms with E-state index in [0.717, 1.165) is 16.7 Å². The lowest BCUT2D eigenvalue weighted by molar-refractivity contribution is -0.122. The first-order chi connectivity index (χ1) is 13.0. The van der Waals surface area contributed by atoms with Crippen LogP contribution in [0.15, 0.2) is 53.4 Å². The van der Waals surface area contributed by atoms with Crippen LogP contribution in [0, 0.1) is 0 Å². The minimum Gasteiger partial charge on any atom is -0.497 e. The maximum atomic E-state index is 12.6. The van der Waals surface area contributed by atoms with Crippen LogP contribution >= 0.6 is 11.8 Å². The summed E-state index contributed by atoms with van der Waals surface area (Å²) in [6.07, 6.45) is 1.59. The molecule has 0 N–H and O–H groups in total. The Balaban J connectivity index is 1.81. The van der Waals surface area contributed by atoms with Crippen molar-refractivity contribution in [2.75, 3.05) is 20.8 Å². The van der Waals surface area contributed by atoms with Crippen molar-refractivity contribution in [2.45, 2.75) is 0 Å². The van der Waals surface area contributed by atoms with Crippen LogP contribution < -0.4 is 9.47 Å². The number of hydrogen-bond acceptors (Lipinski definition) is 6. The van der Waals surface area contributed by atoms with Gasteiger partial charge in [-0.05, 0) is 35.5 Å². The summed E-state index contributed by atoms with van der Waals surface area (Å²) < 4.78 is 10.4. The molecule has 0 spiro atoms. The van der Waals surface area contributed by atoms with Crippen molar-refractivity contribution in [3.63, 3.8) is 0 Å². The van der Waals surface area contributed by atoms with E-state index in [1.807, 2.05) is 0 Å². The van der Waals surface area contributed by atoms with E-state index < -0.39 is 11.1 Å². The molecule has 0 unspecified atom stereocenters. The lowest BCUT2D eigenvalue weighted by Crippen LogP contribution is -2.33. The molecular weight excluding hydrogens is 366 g/mol. The van der Waals surface area contributed by atoms with Crippen LogP contribution in [-0.4, -0.2) is 42.6 Å². The number of benzene rings is 2. The Bertz CT molecular complexity index is 901. The maximum absolute atomic E-state index is 12.6. The van der Waals surface area contributed by atoms with Gasteiger partial charge < -0.3 is 9.47 Å². The molecular formula is C20H17NO5S. The zero-order chi connectivity index (χ0) is 19.4. The summed E-state index contributed by atoms with van der Waals surface area (Å²) >= 11 is 0.805. The lowest BCUT2D eigenvalue weighted by Gasteiger charge is -2.11. The molecule has 0 radical (unpaired) electrons. The number of hydrogen-bond donors (Lipinski definition) is 0. The van der Waals surface area contributed by atoms with E-state index in [2.05, 4.69) is 0 Å². The van der Waals surface area contributed by atoms with E-state index in [-0.39, 0.29) is 17.2 Å². The minimum atomic E-state index is -0.490. The number of Topliss-reactive ketones (excluding diaryl/α,β-unsaturated/α-hetero) is 1. The molecule has 3 rings (SSSR count). The number of amides is 2. The Kier molecular flexibility index (Phi) is 5.61. The number of carbonyl (C=O) groups is 3. The van der Waals surface area contributed by atoms with Crippen LogP contribution in [-0.2, 0) is 4.79 Å². The van der Waals surface area contributed by atoms with Gasteiger partial charge >= 0.3 is 0 Å². The average molecular weight is 383 g/mol. The SMILES string of the molecule is COc1cc(/C=C2/SC(=O)N(CC(=O)c3ccccc3)C2=O)cc(OC)c1. The summed E-state index contributed by atoms with van der Waals surface area (Å²) in [4.78, 5) is 38.3. The Hall–Kier alpha value is -3.06. The molecule has 1 aliphatic rings. The van der Waals surface area contributed by atoms with E-state index >= 15 is 0 Å². The molecule has 6 nitrogen and oxygen atoms in total. The van der Waals surface area contributed by atoms with Gasteiger partial charge in [-0.15, -0.1) is 0 Å². The number of methoxy groups -OCH3 is 2. The van der Waals surface area contributed by atoms with Gasteiger partial charge in [-0.25, -0.2) is 0 Å². The number of ketones is 1. The quantitative estimate of drug-likeness (QED) is 0.560. The minimum absolute atomic E-state index is 0.246. The molecule has 1 aliphatic heterocycles. The van der Waals surface area contributed by atoms with E-state index in [1.54, 1.807) is 54.6 Å². The summed E-state index contributed by atoms with van der Waals surface area (Å²) in [7, 11) is 3.06. The predicted octanol–water partition coefficient (Wildman–Crippen LogP) is 3.62. The standard InChI is InChI=1S/C20H17NO5S/c1-25-15-8-13(9-16(11-15)26-2)10-18-19(23)21(20(24)27-18)12-17(22)14-6-4-3-5-7-14/h3-11H,12H2,1-2H3/b18-10+. The first kappa shape index (κ1) is 18.7. The maximum Gasteiger partial charge on any atom is 0.293 e. The molecule has 7 heteroatoms. The van der Waals surface area contributed by atoms with Crippen molar-refractivity contribution in [1.82, 2.24) is 4.90 Å². The zero-order valence-corrected chi connectivity index (χ0v) is 15.6. The molecule has 0 atom stereocenters. The van der Waals surface area contributed by atoms with Crippen molar-refractivity contribution in [3.05, 3.63) is 64.6 Å². The smallest absolute Gasteiger partial charge is 0.293 e. The second-order valence-electron chi connectivity index (χ2n) is 5.70. The van der Waals surface area contributed by atoms with Crippen LogP contribution in [0.3, 0.4) is 0 Å². The summed E-state index contributed by atoms with van der Waals surface area (Å²) in [5.74, 6) is 0.358. The molecule has 2 amide bonds. The largest absolute Gasteiger partial charge is 0.497 e. The van der Waals surface area contributed by atoms with Gasteiger partial charge in [-0.2, -0.15) is 0 Å². The first-order valence-corrected chi connectivity index (χ1v) is 8.90. The fourth-order valence-corrected chi connectivity index (χ4v) is 3.40. The van der Waals surface area contributed by atoms with Gasteiger partial charge in [0.1, 0.15) is 11.5 Å². The molecule has 0 saturated carbocycles. The van der Waals surface area contributed by atoms with E-state index in [4.69, 9.17) is 9.47 Å². The molecule has 1 saturated heterocycles. The topological polar surface area (TPSA) is 72.9 Å². The van der Waals surface area contributed by atoms with Gasteiger partial charge in [-0.3, -0.25) is 19.3 Å². The van der Waals surface area contributed by atoms with Gasteiger partial charge in [0.05, 0.1) is 25.7 Å². The molecule has 27 heavy (non-hydrogen) atoms. The number of nitrogens with zero attached hydrogens (tertiary/aromatic N) is 1. The molecule has 1 fully saturated rings. The van der Waals surface area contributed by atoms with Crippen LogP contribution in [0.5, 0.6) is 11.5 Å². The molecule has 0 bridgehead atoms. The van der Waals surface area contributed by atoms with Crippen LogP contribution in [0.4, 0.5) is 4.79 Å². The highest BCUT2D eigenvalue weighted by molar-refractivity contribution is 8.18. The molecule has 0 aromatic heterocycles. The summed E-state index contributed by atoms with van der Waals surface area (Å²) in [5, 5.41) is -0.467. The Morgan fingerprint density at radius 3 is 2.26 bits per heavy atom. The fraction of sp³-hybridized carbons (Fsp3) is 0.150. The average Bonchev–Trinajstić information content (AvgIpc) is 2.95. The number of ether oxygens (including phenoxy) is 2. The summed E-state index contributed by atoms with van der Waals surface area (Å²) in [6.45, 7) is -0.284. The normalized spacial score (nSPS) is 15.3. The Morgan fingerprint density at radius 2 is 1.67 bits per heavy atom. The third-order valence-electron chi connectivity index (χ3n) is 3.94. The van der Waals surface area contributed by atoms with Crippen molar-refractivity contribution >= 4 is 34.8 Å². The van der Waals surface area contributed by atoms with Crippen LogP contribution in [0.2, 0.25) is 0 Å². The number of rotatable bonds is 6.